The molecular weight excluding hydrogens is 508 g/mol. The summed E-state index contributed by atoms with van der Waals surface area (Å²) in [5, 5.41) is 4.31. The fraction of sp³-hybridized carbons (Fsp3) is 0.306. The second-order valence-corrected chi connectivity index (χ2v) is 15.0. The molecule has 200 valence electrons. The number of aryl methyl sites for hydroxylation is 6. The third-order valence-corrected chi connectivity index (χ3v) is 14.2. The smallest absolute Gasteiger partial charge is 0.358 e. The maximum Gasteiger partial charge on any atom is 4.00 e. The molecule has 1 atom stereocenters. The van der Waals surface area contributed by atoms with Crippen molar-refractivity contribution in [1.82, 2.24) is 0 Å². The normalized spacial score (nSPS) is 16.5. The largest absolute Gasteiger partial charge is 4.00 e. The Morgan fingerprint density at radius 3 is 1.34 bits per heavy atom. The van der Waals surface area contributed by atoms with Crippen molar-refractivity contribution in [2.24, 2.45) is 0 Å². The zero-order chi connectivity index (χ0) is 25.0. The van der Waals surface area contributed by atoms with Crippen LogP contribution in [0.3, 0.4) is 0 Å². The van der Waals surface area contributed by atoms with E-state index in [1.54, 1.807) is 0 Å². The van der Waals surface area contributed by atoms with Gasteiger partial charge in [0.1, 0.15) is 8.07 Å². The molecule has 4 rings (SSSR count). The topological polar surface area (TPSA) is 0 Å². The van der Waals surface area contributed by atoms with E-state index in [4.69, 9.17) is 0 Å². The van der Waals surface area contributed by atoms with Crippen LogP contribution in [0.4, 0.5) is 0 Å². The minimum atomic E-state index is -2.65. The van der Waals surface area contributed by atoms with E-state index < -0.39 is 8.07 Å². The van der Waals surface area contributed by atoms with Gasteiger partial charge in [0.05, 0.1) is 0 Å². The first kappa shape index (κ1) is 36.1. The summed E-state index contributed by atoms with van der Waals surface area (Å²) in [5.74, 6) is 0. The standard InChI is InChI=1S/C33H39Si.3CH3.Ti/c1-21-11-13-31(25(5)16-21)34(30-18-23(3)15-24(4)19-30,32-14-12-22(2)17-26(32)6)33(10)20-27(7)28(8)29(33)9;;;;/h11-19H,1-10H3;3*1H3;/q4*-1;+4. The minimum absolute atomic E-state index is 0. The van der Waals surface area contributed by atoms with E-state index in [1.165, 1.54) is 65.7 Å². The van der Waals surface area contributed by atoms with Crippen molar-refractivity contribution in [1.29, 1.82) is 0 Å². The van der Waals surface area contributed by atoms with Gasteiger partial charge in [-0.3, -0.25) is 6.08 Å². The fourth-order valence-electron chi connectivity index (χ4n) is 6.54. The van der Waals surface area contributed by atoms with Crippen molar-refractivity contribution in [3.8, 4) is 0 Å². The van der Waals surface area contributed by atoms with Gasteiger partial charge in [-0.05, 0) is 57.1 Å². The summed E-state index contributed by atoms with van der Waals surface area (Å²) in [6.07, 6.45) is 4.09. The van der Waals surface area contributed by atoms with Crippen molar-refractivity contribution in [2.75, 3.05) is 0 Å². The van der Waals surface area contributed by atoms with Gasteiger partial charge >= 0.3 is 21.7 Å². The Morgan fingerprint density at radius 2 is 1.00 bits per heavy atom. The van der Waals surface area contributed by atoms with Gasteiger partial charge in [0.15, 0.2) is 0 Å². The zero-order valence-electron chi connectivity index (χ0n) is 26.2. The molecule has 0 saturated heterocycles. The average molecular weight is 557 g/mol. The summed E-state index contributed by atoms with van der Waals surface area (Å²) in [6.45, 7) is 22.9. The molecule has 0 fully saturated rings. The number of rotatable bonds is 4. The third-order valence-electron chi connectivity index (χ3n) is 8.29. The molecule has 3 aromatic carbocycles. The molecule has 0 nitrogen and oxygen atoms in total. The Bertz CT molecular complexity index is 1290. The first-order valence-corrected chi connectivity index (χ1v) is 14.5. The molecule has 1 unspecified atom stereocenters. The molecule has 0 heterocycles. The molecule has 3 aromatic rings. The molecule has 38 heavy (non-hydrogen) atoms. The molecule has 0 bridgehead atoms. The van der Waals surface area contributed by atoms with E-state index in [0.29, 0.717) is 0 Å². The van der Waals surface area contributed by atoms with Crippen LogP contribution in [0, 0.1) is 69.9 Å². The van der Waals surface area contributed by atoms with Crippen molar-refractivity contribution in [3.63, 3.8) is 0 Å². The van der Waals surface area contributed by atoms with Crippen LogP contribution >= 0.6 is 0 Å². The summed E-state index contributed by atoms with van der Waals surface area (Å²) in [4.78, 5) is 0. The van der Waals surface area contributed by atoms with Crippen LogP contribution in [0.25, 0.3) is 0 Å². The van der Waals surface area contributed by atoms with Crippen molar-refractivity contribution >= 4 is 23.6 Å². The van der Waals surface area contributed by atoms with Crippen LogP contribution in [0.2, 0.25) is 5.04 Å². The van der Waals surface area contributed by atoms with Crippen LogP contribution < -0.4 is 15.6 Å². The summed E-state index contributed by atoms with van der Waals surface area (Å²) < 4.78 is 0. The molecule has 0 saturated carbocycles. The van der Waals surface area contributed by atoms with Crippen LogP contribution in [-0.4, -0.2) is 8.07 Å². The Hall–Kier alpha value is -1.93. The number of hydrogen-bond donors (Lipinski definition) is 0. The van der Waals surface area contributed by atoms with Gasteiger partial charge in [0, 0.05) is 0 Å². The summed E-state index contributed by atoms with van der Waals surface area (Å²) in [7, 11) is -2.65. The fourth-order valence-corrected chi connectivity index (χ4v) is 13.1. The molecule has 0 radical (unpaired) electrons. The van der Waals surface area contributed by atoms with Crippen molar-refractivity contribution in [3.05, 3.63) is 133 Å². The van der Waals surface area contributed by atoms with Gasteiger partial charge < -0.3 is 22.3 Å². The Morgan fingerprint density at radius 1 is 0.579 bits per heavy atom. The molecule has 1 aliphatic carbocycles. The SMILES string of the molecule is CC1=[C-]C(C)([Si](c2cc(C)cc(C)c2)(c2ccc(C)cc2C)c2ccc(C)cc2C)C(C)=C1C.[CH3-].[CH3-].[CH3-].[Ti+4]. The van der Waals surface area contributed by atoms with Gasteiger partial charge in [-0.2, -0.15) is 11.1 Å². The minimum Gasteiger partial charge on any atom is -0.358 e. The van der Waals surface area contributed by atoms with E-state index in [9.17, 15) is 0 Å². The summed E-state index contributed by atoms with van der Waals surface area (Å²) in [6, 6.07) is 21.5. The van der Waals surface area contributed by atoms with Crippen molar-refractivity contribution < 1.29 is 21.7 Å². The Labute approximate surface area is 251 Å². The molecule has 0 aliphatic heterocycles. The molecule has 0 N–H and O–H groups in total. The van der Waals surface area contributed by atoms with E-state index >= 15 is 0 Å². The van der Waals surface area contributed by atoms with E-state index in [2.05, 4.69) is 130 Å². The third kappa shape index (κ3) is 5.53. The Kier molecular flexibility index (Phi) is 12.3. The van der Waals surface area contributed by atoms with E-state index in [-0.39, 0.29) is 49.0 Å². The van der Waals surface area contributed by atoms with Gasteiger partial charge in [-0.25, -0.2) is 5.57 Å². The maximum absolute atomic E-state index is 4.09. The predicted molar refractivity (Wildman–Crippen MR) is 171 cm³/mol. The summed E-state index contributed by atoms with van der Waals surface area (Å²) in [5.41, 5.74) is 12.3. The molecule has 0 amide bonds. The molecule has 2 heteroatoms. The molecule has 0 spiro atoms. The predicted octanol–water partition coefficient (Wildman–Crippen LogP) is 8.22. The second kappa shape index (κ2) is 12.9. The monoisotopic (exact) mass is 556 g/mol. The average Bonchev–Trinajstić information content (AvgIpc) is 2.94. The van der Waals surface area contributed by atoms with Crippen LogP contribution in [-0.2, 0) is 21.7 Å². The molecule has 1 aliphatic rings. The summed E-state index contributed by atoms with van der Waals surface area (Å²) >= 11 is 0. The quantitative estimate of drug-likeness (QED) is 0.173. The van der Waals surface area contributed by atoms with Gasteiger partial charge in [0.2, 0.25) is 0 Å². The zero-order valence-corrected chi connectivity index (χ0v) is 28.8. The van der Waals surface area contributed by atoms with Crippen molar-refractivity contribution in [2.45, 2.75) is 74.3 Å². The first-order valence-electron chi connectivity index (χ1n) is 12.5. The van der Waals surface area contributed by atoms with Crippen LogP contribution in [0.15, 0.2) is 71.3 Å². The molecule has 0 aromatic heterocycles. The first-order chi connectivity index (χ1) is 15.9. The van der Waals surface area contributed by atoms with Crippen LogP contribution in [0.5, 0.6) is 0 Å². The van der Waals surface area contributed by atoms with E-state index in [1.807, 2.05) is 0 Å². The van der Waals surface area contributed by atoms with E-state index in [0.717, 1.165) is 0 Å². The number of allylic oxidation sites excluding steroid dienone is 4. The van der Waals surface area contributed by atoms with Crippen LogP contribution in [0.1, 0.15) is 61.1 Å². The Balaban J connectivity index is 0.00000342. The second-order valence-electron chi connectivity index (χ2n) is 10.9. The van der Waals surface area contributed by atoms with Gasteiger partial charge in [0.25, 0.3) is 0 Å². The number of benzene rings is 3. The maximum atomic E-state index is 4.09. The number of hydrogen-bond acceptors (Lipinski definition) is 0. The van der Waals surface area contributed by atoms with Gasteiger partial charge in [-0.15, -0.1) is 6.92 Å². The van der Waals surface area contributed by atoms with Gasteiger partial charge in [-0.1, -0.05) is 114 Å². The molecular formula is C36H48SiTi.